The quantitative estimate of drug-likeness (QED) is 0.828. The Balaban J connectivity index is 1.98. The van der Waals surface area contributed by atoms with Crippen LogP contribution in [0.25, 0.3) is 10.9 Å². The van der Waals surface area contributed by atoms with E-state index in [0.717, 1.165) is 18.2 Å². The molecule has 0 saturated heterocycles. The summed E-state index contributed by atoms with van der Waals surface area (Å²) in [5.41, 5.74) is 1.18. The van der Waals surface area contributed by atoms with E-state index in [1.165, 1.54) is 6.20 Å². The fraction of sp³-hybridized carbons (Fsp3) is 0.250. The van der Waals surface area contributed by atoms with Crippen LogP contribution < -0.4 is 5.32 Å². The highest BCUT2D eigenvalue weighted by atomic mass is 35.5. The van der Waals surface area contributed by atoms with Crippen molar-refractivity contribution < 1.29 is 4.79 Å². The van der Waals surface area contributed by atoms with Crippen LogP contribution in [0.1, 0.15) is 23.2 Å². The van der Waals surface area contributed by atoms with Crippen LogP contribution in [0.4, 0.5) is 0 Å². The van der Waals surface area contributed by atoms with Crippen LogP contribution in [0, 0.1) is 0 Å². The van der Waals surface area contributed by atoms with Crippen LogP contribution in [0.15, 0.2) is 24.5 Å². The molecule has 5 heteroatoms. The van der Waals surface area contributed by atoms with Crippen molar-refractivity contribution in [2.75, 3.05) is 0 Å². The largest absolute Gasteiger partial charge is 0.349 e. The molecule has 17 heavy (non-hydrogen) atoms. The number of carbonyl (C=O) groups excluding carboxylic acids is 1. The third-order valence-corrected chi connectivity index (χ3v) is 3.01. The van der Waals surface area contributed by atoms with Gasteiger partial charge < -0.3 is 5.32 Å². The smallest absolute Gasteiger partial charge is 0.253 e. The van der Waals surface area contributed by atoms with E-state index in [-0.39, 0.29) is 5.91 Å². The minimum atomic E-state index is -0.0742. The maximum atomic E-state index is 11.8. The third kappa shape index (κ3) is 2.08. The van der Waals surface area contributed by atoms with Gasteiger partial charge in [-0.2, -0.15) is 0 Å². The van der Waals surface area contributed by atoms with Crippen LogP contribution in [-0.4, -0.2) is 21.9 Å². The van der Waals surface area contributed by atoms with Crippen molar-refractivity contribution in [1.82, 2.24) is 15.3 Å². The number of carbonyl (C=O) groups is 1. The van der Waals surface area contributed by atoms with Crippen LogP contribution in [-0.2, 0) is 0 Å². The van der Waals surface area contributed by atoms with Gasteiger partial charge in [0.05, 0.1) is 5.56 Å². The second-order valence-electron chi connectivity index (χ2n) is 4.15. The molecule has 1 amide bonds. The fourth-order valence-corrected chi connectivity index (χ4v) is 1.86. The molecule has 0 spiro atoms. The predicted octanol–water partition coefficient (Wildman–Crippen LogP) is 2.18. The van der Waals surface area contributed by atoms with Gasteiger partial charge in [-0.25, -0.2) is 4.98 Å². The summed E-state index contributed by atoms with van der Waals surface area (Å²) in [4.78, 5) is 19.9. The molecule has 1 aliphatic carbocycles. The highest BCUT2D eigenvalue weighted by Crippen LogP contribution is 2.21. The number of nitrogens with zero attached hydrogens (tertiary/aromatic N) is 2. The summed E-state index contributed by atoms with van der Waals surface area (Å²) in [5.74, 6) is -0.0742. The van der Waals surface area contributed by atoms with Crippen molar-refractivity contribution in [2.45, 2.75) is 18.9 Å². The molecule has 1 fully saturated rings. The van der Waals surface area contributed by atoms with E-state index in [0.29, 0.717) is 22.3 Å². The van der Waals surface area contributed by atoms with Gasteiger partial charge in [-0.15, -0.1) is 0 Å². The average molecular weight is 248 g/mol. The van der Waals surface area contributed by atoms with Gasteiger partial charge in [0.15, 0.2) is 5.15 Å². The van der Waals surface area contributed by atoms with Gasteiger partial charge in [-0.05, 0) is 25.0 Å². The molecule has 0 radical (unpaired) electrons. The van der Waals surface area contributed by atoms with Crippen LogP contribution in [0.5, 0.6) is 0 Å². The molecular formula is C12H10ClN3O. The lowest BCUT2D eigenvalue weighted by molar-refractivity contribution is 0.0951. The Bertz CT molecular complexity index is 595. The molecule has 1 aliphatic rings. The maximum Gasteiger partial charge on any atom is 0.253 e. The molecule has 1 saturated carbocycles. The van der Waals surface area contributed by atoms with Crippen molar-refractivity contribution in [2.24, 2.45) is 0 Å². The molecule has 4 nitrogen and oxygen atoms in total. The lowest BCUT2D eigenvalue weighted by atomic mass is 10.2. The number of nitrogens with one attached hydrogen (secondary N) is 1. The Hall–Kier alpha value is -1.68. The van der Waals surface area contributed by atoms with Crippen molar-refractivity contribution in [1.29, 1.82) is 0 Å². The molecule has 3 rings (SSSR count). The van der Waals surface area contributed by atoms with Crippen LogP contribution in [0.2, 0.25) is 5.15 Å². The number of hydrogen-bond donors (Lipinski definition) is 1. The van der Waals surface area contributed by atoms with Gasteiger partial charge in [0.2, 0.25) is 0 Å². The molecule has 0 aromatic carbocycles. The number of amides is 1. The first-order valence-corrected chi connectivity index (χ1v) is 5.83. The SMILES string of the molecule is O=C(NC1CC1)c1cnc2c(Cl)nccc2c1. The van der Waals surface area contributed by atoms with Crippen molar-refractivity contribution in [3.63, 3.8) is 0 Å². The van der Waals surface area contributed by atoms with Crippen LogP contribution >= 0.6 is 11.6 Å². The lowest BCUT2D eigenvalue weighted by Crippen LogP contribution is -2.25. The van der Waals surface area contributed by atoms with Crippen LogP contribution in [0.3, 0.4) is 0 Å². The number of pyridine rings is 2. The van der Waals surface area contributed by atoms with Gasteiger partial charge in [0, 0.05) is 23.8 Å². The monoisotopic (exact) mass is 247 g/mol. The molecule has 86 valence electrons. The van der Waals surface area contributed by atoms with Gasteiger partial charge in [-0.3, -0.25) is 9.78 Å². The van der Waals surface area contributed by atoms with Crippen molar-refractivity contribution >= 4 is 28.4 Å². The minimum Gasteiger partial charge on any atom is -0.349 e. The number of fused-ring (bicyclic) bond motifs is 1. The topological polar surface area (TPSA) is 54.9 Å². The van der Waals surface area contributed by atoms with Gasteiger partial charge in [0.25, 0.3) is 5.91 Å². The summed E-state index contributed by atoms with van der Waals surface area (Å²) >= 11 is 5.91. The second kappa shape index (κ2) is 3.96. The van der Waals surface area contributed by atoms with Crippen molar-refractivity contribution in [3.05, 3.63) is 35.2 Å². The zero-order valence-electron chi connectivity index (χ0n) is 8.98. The molecule has 2 heterocycles. The summed E-state index contributed by atoms with van der Waals surface area (Å²) in [6, 6.07) is 3.93. The molecule has 0 aliphatic heterocycles. The highest BCUT2D eigenvalue weighted by molar-refractivity contribution is 6.33. The third-order valence-electron chi connectivity index (χ3n) is 2.73. The summed E-state index contributed by atoms with van der Waals surface area (Å²) < 4.78 is 0. The van der Waals surface area contributed by atoms with E-state index in [4.69, 9.17) is 11.6 Å². The molecular weight excluding hydrogens is 238 g/mol. The zero-order valence-corrected chi connectivity index (χ0v) is 9.74. The maximum absolute atomic E-state index is 11.8. The molecule has 0 unspecified atom stereocenters. The minimum absolute atomic E-state index is 0.0742. The number of hydrogen-bond acceptors (Lipinski definition) is 3. The lowest BCUT2D eigenvalue weighted by Gasteiger charge is -2.04. The Morgan fingerprint density at radius 1 is 1.41 bits per heavy atom. The summed E-state index contributed by atoms with van der Waals surface area (Å²) in [6.45, 7) is 0. The zero-order chi connectivity index (χ0) is 11.8. The number of halogens is 1. The average Bonchev–Trinajstić information content (AvgIpc) is 3.13. The van der Waals surface area contributed by atoms with E-state index >= 15 is 0 Å². The summed E-state index contributed by atoms with van der Waals surface area (Å²) in [6.07, 6.45) is 5.29. The molecule has 2 aromatic rings. The second-order valence-corrected chi connectivity index (χ2v) is 4.50. The number of aromatic nitrogens is 2. The molecule has 0 atom stereocenters. The normalized spacial score (nSPS) is 14.9. The first-order chi connectivity index (χ1) is 8.24. The van der Waals surface area contributed by atoms with Gasteiger partial charge in [-0.1, -0.05) is 11.6 Å². The Kier molecular flexibility index (Phi) is 2.44. The van der Waals surface area contributed by atoms with E-state index in [1.807, 2.05) is 0 Å². The Morgan fingerprint density at radius 2 is 2.24 bits per heavy atom. The van der Waals surface area contributed by atoms with Gasteiger partial charge in [0.1, 0.15) is 5.52 Å². The standard InChI is InChI=1S/C12H10ClN3O/c13-11-10-7(3-4-14-11)5-8(6-15-10)12(17)16-9-1-2-9/h3-6,9H,1-2H2,(H,16,17). The highest BCUT2D eigenvalue weighted by Gasteiger charge is 2.24. The van der Waals surface area contributed by atoms with Gasteiger partial charge >= 0.3 is 0 Å². The first kappa shape index (κ1) is 10.5. The number of rotatable bonds is 2. The first-order valence-electron chi connectivity index (χ1n) is 5.45. The molecule has 0 bridgehead atoms. The van der Waals surface area contributed by atoms with E-state index in [9.17, 15) is 4.79 Å². The molecule has 2 aromatic heterocycles. The van der Waals surface area contributed by atoms with E-state index in [1.54, 1.807) is 18.3 Å². The Labute approximate surface area is 103 Å². The molecule has 1 N–H and O–H groups in total. The van der Waals surface area contributed by atoms with Crippen molar-refractivity contribution in [3.8, 4) is 0 Å². The van der Waals surface area contributed by atoms with E-state index < -0.39 is 0 Å². The summed E-state index contributed by atoms with van der Waals surface area (Å²) in [7, 11) is 0. The fourth-order valence-electron chi connectivity index (χ4n) is 1.65. The Morgan fingerprint density at radius 3 is 3.00 bits per heavy atom. The summed E-state index contributed by atoms with van der Waals surface area (Å²) in [5, 5.41) is 4.11. The van der Waals surface area contributed by atoms with E-state index in [2.05, 4.69) is 15.3 Å². The predicted molar refractivity (Wildman–Crippen MR) is 65.0 cm³/mol.